The number of aromatic nitrogens is 6. The predicted molar refractivity (Wildman–Crippen MR) is 284 cm³/mol. The van der Waals surface area contributed by atoms with Crippen molar-refractivity contribution in [3.8, 4) is 34.3 Å². The molecule has 6 aromatic rings. The molecule has 9 aliphatic rings. The molecule has 15 rings (SSSR count). The maximum Gasteiger partial charge on any atom is 0.241 e. The number of fused-ring (bicyclic) bond motifs is 6. The summed E-state index contributed by atoms with van der Waals surface area (Å²) in [6, 6.07) is 17.9. The monoisotopic (exact) mass is 1030 g/mol. The lowest BCUT2D eigenvalue weighted by Gasteiger charge is -2.44. The van der Waals surface area contributed by atoms with E-state index in [2.05, 4.69) is 65.6 Å². The number of amides is 4. The second kappa shape index (κ2) is 18.4. The first kappa shape index (κ1) is 47.5. The van der Waals surface area contributed by atoms with Crippen molar-refractivity contribution in [2.24, 2.45) is 11.8 Å². The van der Waals surface area contributed by atoms with Crippen molar-refractivity contribution >= 4 is 57.1 Å². The first-order valence-corrected chi connectivity index (χ1v) is 27.9. The number of likely N-dealkylation sites (tertiary alicyclic amines) is 1. The largest absolute Gasteiger partial charge is 0.473 e. The van der Waals surface area contributed by atoms with E-state index in [1.165, 1.54) is 6.42 Å². The first-order chi connectivity index (χ1) is 37.0. The Morgan fingerprint density at radius 3 is 1.50 bits per heavy atom. The van der Waals surface area contributed by atoms with Crippen LogP contribution in [-0.4, -0.2) is 115 Å². The number of benzene rings is 2. The summed E-state index contributed by atoms with van der Waals surface area (Å²) in [5.74, 6) is 1.70. The van der Waals surface area contributed by atoms with Crippen molar-refractivity contribution in [1.29, 1.82) is 0 Å². The molecule has 4 amide bonds. The molecule has 4 atom stereocenters. The minimum Gasteiger partial charge on any atom is -0.473 e. The SMILES string of the molecule is C[C@@H](Oc1nc(-c2ccc3c(c2)NC(=O)C32CCCCC2)cc2ncn(C3CC3)c12)[C@H]1CNC(=O)C1.C[C@@H](Oc1nc(-c2ccc3c(c2)NC(=O)C32CCN(C3COC3)CC2)cc2ncn(C3CC3)c12)[C@H]1CNC(=O)C1. The molecular weight excluding hydrogens is 963 g/mol. The van der Waals surface area contributed by atoms with Crippen LogP contribution in [0.3, 0.4) is 0 Å². The van der Waals surface area contributed by atoms with E-state index in [4.69, 9.17) is 34.1 Å². The Labute approximate surface area is 440 Å². The molecule has 0 radical (unpaired) electrons. The summed E-state index contributed by atoms with van der Waals surface area (Å²) < 4.78 is 22.7. The number of pyridine rings is 2. The molecule has 2 aromatic carbocycles. The molecule has 4 saturated heterocycles. The number of hydrogen-bond acceptors (Lipinski definition) is 12. The Morgan fingerprint density at radius 1 is 0.605 bits per heavy atom. The van der Waals surface area contributed by atoms with Gasteiger partial charge in [0.25, 0.3) is 0 Å². The van der Waals surface area contributed by atoms with E-state index in [1.807, 2.05) is 44.7 Å². The van der Waals surface area contributed by atoms with Gasteiger partial charge in [-0.15, -0.1) is 0 Å². The average Bonchev–Trinajstić information content (AvgIpc) is 4.24. The van der Waals surface area contributed by atoms with E-state index in [9.17, 15) is 19.2 Å². The van der Waals surface area contributed by atoms with Crippen LogP contribution in [0.25, 0.3) is 44.6 Å². The molecule has 4 aromatic heterocycles. The topological polar surface area (TPSA) is 209 Å². The number of rotatable bonds is 11. The molecule has 76 heavy (non-hydrogen) atoms. The zero-order valence-corrected chi connectivity index (χ0v) is 43.2. The molecule has 18 heteroatoms. The van der Waals surface area contributed by atoms with Gasteiger partial charge in [0.2, 0.25) is 35.4 Å². The van der Waals surface area contributed by atoms with E-state index >= 15 is 0 Å². The fraction of sp³-hybridized carbons (Fsp3) is 0.517. The molecule has 0 unspecified atom stereocenters. The third kappa shape index (κ3) is 8.19. The van der Waals surface area contributed by atoms with Gasteiger partial charge in [0.05, 0.1) is 65.2 Å². The highest BCUT2D eigenvalue weighted by atomic mass is 16.5. The molecular formula is C58H65N11O7. The van der Waals surface area contributed by atoms with Gasteiger partial charge in [-0.05, 0) is 114 Å². The van der Waals surface area contributed by atoms with E-state index in [1.54, 1.807) is 0 Å². The minimum absolute atomic E-state index is 0.0658. The predicted octanol–water partition coefficient (Wildman–Crippen LogP) is 7.51. The van der Waals surface area contributed by atoms with Crippen LogP contribution in [0.15, 0.2) is 61.2 Å². The van der Waals surface area contributed by atoms with Crippen LogP contribution < -0.4 is 30.7 Å². The molecule has 4 N–H and O–H groups in total. The van der Waals surface area contributed by atoms with Gasteiger partial charge in [-0.25, -0.2) is 19.9 Å². The fourth-order valence-corrected chi connectivity index (χ4v) is 13.3. The van der Waals surface area contributed by atoms with E-state index in [-0.39, 0.29) is 53.1 Å². The van der Waals surface area contributed by atoms with Crippen molar-refractivity contribution in [1.82, 2.24) is 44.6 Å². The Bertz CT molecular complexity index is 3340. The quantitative estimate of drug-likeness (QED) is 0.0995. The van der Waals surface area contributed by atoms with Gasteiger partial charge >= 0.3 is 0 Å². The number of carbonyl (C=O) groups is 4. The maximum absolute atomic E-state index is 13.4. The third-order valence-electron chi connectivity index (χ3n) is 18.4. The molecule has 0 bridgehead atoms. The lowest BCUT2D eigenvalue weighted by atomic mass is 9.70. The normalized spacial score (nSPS) is 24.3. The second-order valence-corrected chi connectivity index (χ2v) is 23.2. The maximum atomic E-state index is 13.4. The summed E-state index contributed by atoms with van der Waals surface area (Å²) in [5.41, 5.74) is 10.0. The van der Waals surface area contributed by atoms with Gasteiger partial charge in [0, 0.05) is 72.4 Å². The number of piperidine rings is 1. The van der Waals surface area contributed by atoms with Crippen LogP contribution in [-0.2, 0) is 34.7 Å². The highest BCUT2D eigenvalue weighted by Crippen LogP contribution is 2.50. The Hall–Kier alpha value is -6.92. The van der Waals surface area contributed by atoms with Crippen LogP contribution in [0.5, 0.6) is 11.8 Å². The molecule has 394 valence electrons. The van der Waals surface area contributed by atoms with Gasteiger partial charge in [-0.1, -0.05) is 43.5 Å². The number of nitrogens with one attached hydrogen (secondary N) is 4. The summed E-state index contributed by atoms with van der Waals surface area (Å²) in [6.07, 6.45) is 15.8. The number of ether oxygens (including phenoxy) is 3. The highest BCUT2D eigenvalue weighted by molar-refractivity contribution is 6.08. The number of anilines is 2. The molecule has 3 saturated carbocycles. The molecule has 10 heterocycles. The Kier molecular flexibility index (Phi) is 11.5. The van der Waals surface area contributed by atoms with Gasteiger partial charge < -0.3 is 44.6 Å². The minimum atomic E-state index is -0.466. The number of imidazole rings is 2. The number of hydrogen-bond donors (Lipinski definition) is 4. The lowest BCUT2D eigenvalue weighted by molar-refractivity contribution is -0.125. The van der Waals surface area contributed by atoms with E-state index < -0.39 is 5.41 Å². The van der Waals surface area contributed by atoms with E-state index in [0.29, 0.717) is 55.8 Å². The van der Waals surface area contributed by atoms with Crippen molar-refractivity contribution in [2.75, 3.05) is 50.0 Å². The standard InChI is InChI=1S/C30H34N6O4.C28H31N5O3/c1-17(19-11-26(37)31-13-19)40-28-27-25(32-16-36(27)20-3-4-20)12-23(33-28)18-2-5-22-24(10-18)34-29(38)30(22)6-8-35(9-7-30)21-14-39-15-21;1-16(18-12-24(34)29-14-18)36-26-25-23(30-15-33(25)19-6-7-19)13-21(31-26)17-5-8-20-22(11-17)32-27(35)28(20)9-3-2-4-10-28/h2,5,10,12,16-17,19-21H,3-4,6-9,11,13-15H2,1H3,(H,31,37)(H,34,38);5,8,11,13,15-16,18-19H,2-4,6-7,9-10,12,14H2,1H3,(H,29,34)(H,32,35)/t17-,19-;16-,18-/m11/s1. The smallest absolute Gasteiger partial charge is 0.241 e. The van der Waals surface area contributed by atoms with Gasteiger partial charge in [0.1, 0.15) is 23.2 Å². The highest BCUT2D eigenvalue weighted by Gasteiger charge is 2.50. The van der Waals surface area contributed by atoms with Crippen molar-refractivity contribution in [3.63, 3.8) is 0 Å². The van der Waals surface area contributed by atoms with Gasteiger partial charge in [-0.2, -0.15) is 0 Å². The second-order valence-electron chi connectivity index (χ2n) is 23.2. The van der Waals surface area contributed by atoms with Crippen molar-refractivity contribution in [2.45, 2.75) is 138 Å². The van der Waals surface area contributed by atoms with E-state index in [0.717, 1.165) is 158 Å². The molecule has 2 spiro atoms. The number of carbonyl (C=O) groups excluding carboxylic acids is 4. The molecule has 7 fully saturated rings. The van der Waals surface area contributed by atoms with Crippen molar-refractivity contribution in [3.05, 3.63) is 72.3 Å². The van der Waals surface area contributed by atoms with Crippen LogP contribution >= 0.6 is 0 Å². The zero-order chi connectivity index (χ0) is 51.5. The van der Waals surface area contributed by atoms with Crippen LogP contribution in [0.1, 0.15) is 121 Å². The van der Waals surface area contributed by atoms with Crippen molar-refractivity contribution < 1.29 is 33.4 Å². The van der Waals surface area contributed by atoms with Gasteiger partial charge in [-0.3, -0.25) is 24.1 Å². The van der Waals surface area contributed by atoms with Crippen LogP contribution in [0.4, 0.5) is 11.4 Å². The zero-order valence-electron chi connectivity index (χ0n) is 43.2. The summed E-state index contributed by atoms with van der Waals surface area (Å²) in [4.78, 5) is 71.9. The fourth-order valence-electron chi connectivity index (χ4n) is 13.3. The summed E-state index contributed by atoms with van der Waals surface area (Å²) in [7, 11) is 0. The average molecular weight is 1030 g/mol. The summed E-state index contributed by atoms with van der Waals surface area (Å²) >= 11 is 0. The third-order valence-corrected chi connectivity index (χ3v) is 18.4. The number of nitrogens with zero attached hydrogens (tertiary/aromatic N) is 7. The van der Waals surface area contributed by atoms with Crippen LogP contribution in [0.2, 0.25) is 0 Å². The molecule has 18 nitrogen and oxygen atoms in total. The van der Waals surface area contributed by atoms with Gasteiger partial charge in [0.15, 0.2) is 0 Å². The molecule has 3 aliphatic carbocycles. The van der Waals surface area contributed by atoms with Crippen LogP contribution in [0, 0.1) is 11.8 Å². The summed E-state index contributed by atoms with van der Waals surface area (Å²) in [6.45, 7) is 8.68. The summed E-state index contributed by atoms with van der Waals surface area (Å²) in [5, 5.41) is 12.2. The lowest BCUT2D eigenvalue weighted by Crippen LogP contribution is -2.55. The first-order valence-electron chi connectivity index (χ1n) is 27.9. The molecule has 6 aliphatic heterocycles. The Balaban J connectivity index is 0.000000140. The Morgan fingerprint density at radius 2 is 1.08 bits per heavy atom.